The van der Waals surface area contributed by atoms with E-state index in [1.165, 1.54) is 0 Å². The van der Waals surface area contributed by atoms with E-state index in [0.29, 0.717) is 11.4 Å². The highest BCUT2D eigenvalue weighted by molar-refractivity contribution is 5.80. The van der Waals surface area contributed by atoms with Crippen molar-refractivity contribution in [3.63, 3.8) is 0 Å². The van der Waals surface area contributed by atoms with Crippen LogP contribution >= 0.6 is 0 Å². The molecule has 6 N–H and O–H groups in total. The lowest BCUT2D eigenvalue weighted by Gasteiger charge is -2.13. The summed E-state index contributed by atoms with van der Waals surface area (Å²) < 4.78 is 0. The van der Waals surface area contributed by atoms with Crippen molar-refractivity contribution in [2.45, 2.75) is 13.8 Å². The topological polar surface area (TPSA) is 92.5 Å². The molecule has 0 bridgehead atoms. The summed E-state index contributed by atoms with van der Waals surface area (Å²) >= 11 is 0. The van der Waals surface area contributed by atoms with Crippen LogP contribution in [0.4, 0.5) is 11.4 Å². The van der Waals surface area contributed by atoms with E-state index in [9.17, 15) is 10.2 Å². The van der Waals surface area contributed by atoms with Crippen LogP contribution in [0.2, 0.25) is 0 Å². The lowest BCUT2D eigenvalue weighted by atomic mass is 9.94. The Morgan fingerprint density at radius 2 is 0.917 bits per heavy atom. The molecule has 0 fully saturated rings. The van der Waals surface area contributed by atoms with Crippen molar-refractivity contribution in [2.24, 2.45) is 0 Å². The summed E-state index contributed by atoms with van der Waals surface area (Å²) in [6.45, 7) is 3.78. The summed E-state index contributed by atoms with van der Waals surface area (Å²) in [5, 5.41) is 19.4. The summed E-state index contributed by atoms with van der Waals surface area (Å²) in [6.07, 6.45) is 0. The van der Waals surface area contributed by atoms with Gasteiger partial charge in [0.15, 0.2) is 0 Å². The fourth-order valence-corrected chi connectivity index (χ4v) is 2.88. The van der Waals surface area contributed by atoms with Gasteiger partial charge in [-0.1, -0.05) is 36.4 Å². The van der Waals surface area contributed by atoms with Crippen LogP contribution in [-0.2, 0) is 0 Å². The van der Waals surface area contributed by atoms with Crippen LogP contribution in [0.15, 0.2) is 48.5 Å². The number of rotatable bonds is 2. The van der Waals surface area contributed by atoms with E-state index in [1.807, 2.05) is 50.2 Å². The second-order valence-electron chi connectivity index (χ2n) is 5.92. The lowest BCUT2D eigenvalue weighted by Crippen LogP contribution is -1.94. The standard InChI is InChI=1S/C20H20N2O2/c1-11-15(7-9-17(23)19(11)21)13-3-5-14(6-4-13)16-8-10-18(24)20(22)12(16)2/h3-10,23-24H,21-22H2,1-2H3. The van der Waals surface area contributed by atoms with Gasteiger partial charge in [-0.05, 0) is 59.4 Å². The number of aromatic hydroxyl groups is 2. The second-order valence-corrected chi connectivity index (χ2v) is 5.92. The molecule has 0 aromatic heterocycles. The zero-order valence-electron chi connectivity index (χ0n) is 13.7. The molecule has 0 radical (unpaired) electrons. The molecule has 24 heavy (non-hydrogen) atoms. The Bertz CT molecular complexity index is 839. The Morgan fingerprint density at radius 3 is 1.25 bits per heavy atom. The molecule has 3 aromatic rings. The Morgan fingerprint density at radius 1 is 0.583 bits per heavy atom. The minimum Gasteiger partial charge on any atom is -0.506 e. The average Bonchev–Trinajstić information content (AvgIpc) is 2.58. The molecule has 4 nitrogen and oxygen atoms in total. The van der Waals surface area contributed by atoms with Crippen LogP contribution in [0.3, 0.4) is 0 Å². The minimum absolute atomic E-state index is 0.100. The Kier molecular flexibility index (Phi) is 3.81. The van der Waals surface area contributed by atoms with Crippen molar-refractivity contribution < 1.29 is 10.2 Å². The van der Waals surface area contributed by atoms with Crippen LogP contribution in [0.25, 0.3) is 22.3 Å². The van der Waals surface area contributed by atoms with Gasteiger partial charge in [0.05, 0.1) is 11.4 Å². The maximum Gasteiger partial charge on any atom is 0.138 e. The van der Waals surface area contributed by atoms with Gasteiger partial charge >= 0.3 is 0 Å². The zero-order valence-corrected chi connectivity index (χ0v) is 13.7. The minimum atomic E-state index is 0.100. The van der Waals surface area contributed by atoms with Crippen LogP contribution in [0, 0.1) is 13.8 Å². The van der Waals surface area contributed by atoms with E-state index in [-0.39, 0.29) is 11.5 Å². The van der Waals surface area contributed by atoms with E-state index in [2.05, 4.69) is 0 Å². The highest BCUT2D eigenvalue weighted by Crippen LogP contribution is 2.36. The number of nitrogen functional groups attached to an aromatic ring is 2. The fourth-order valence-electron chi connectivity index (χ4n) is 2.88. The summed E-state index contributed by atoms with van der Waals surface area (Å²) in [4.78, 5) is 0. The quantitative estimate of drug-likeness (QED) is 0.420. The Hall–Kier alpha value is -3.14. The maximum atomic E-state index is 9.69. The van der Waals surface area contributed by atoms with Gasteiger partial charge in [-0.2, -0.15) is 0 Å². The van der Waals surface area contributed by atoms with Gasteiger partial charge in [0.2, 0.25) is 0 Å². The van der Waals surface area contributed by atoms with E-state index in [1.54, 1.807) is 12.1 Å². The molecular weight excluding hydrogens is 300 g/mol. The molecule has 0 unspecified atom stereocenters. The molecule has 0 amide bonds. The molecule has 0 atom stereocenters. The fraction of sp³-hybridized carbons (Fsp3) is 0.100. The zero-order chi connectivity index (χ0) is 17.4. The van der Waals surface area contributed by atoms with Crippen LogP contribution < -0.4 is 11.5 Å². The highest BCUT2D eigenvalue weighted by Gasteiger charge is 2.11. The molecule has 3 rings (SSSR count). The molecular formula is C20H20N2O2. The average molecular weight is 320 g/mol. The molecule has 4 heteroatoms. The van der Waals surface area contributed by atoms with E-state index in [4.69, 9.17) is 11.5 Å². The van der Waals surface area contributed by atoms with Crippen LogP contribution in [0.1, 0.15) is 11.1 Å². The molecule has 0 aliphatic carbocycles. The number of anilines is 2. The predicted molar refractivity (Wildman–Crippen MR) is 98.9 cm³/mol. The van der Waals surface area contributed by atoms with Crippen molar-refractivity contribution >= 4 is 11.4 Å². The molecule has 0 aliphatic rings. The van der Waals surface area contributed by atoms with Gasteiger partial charge in [-0.25, -0.2) is 0 Å². The van der Waals surface area contributed by atoms with Gasteiger partial charge in [-0.3, -0.25) is 0 Å². The van der Waals surface area contributed by atoms with Gasteiger partial charge in [0, 0.05) is 0 Å². The monoisotopic (exact) mass is 320 g/mol. The molecule has 0 saturated carbocycles. The number of hydrogen-bond acceptors (Lipinski definition) is 4. The molecule has 0 aliphatic heterocycles. The highest BCUT2D eigenvalue weighted by atomic mass is 16.3. The smallest absolute Gasteiger partial charge is 0.138 e. The van der Waals surface area contributed by atoms with Crippen molar-refractivity contribution in [3.8, 4) is 33.8 Å². The third kappa shape index (κ3) is 2.52. The summed E-state index contributed by atoms with van der Waals surface area (Å²) in [5.41, 5.74) is 18.3. The first kappa shape index (κ1) is 15.7. The number of phenols is 2. The van der Waals surface area contributed by atoms with Gasteiger partial charge in [-0.15, -0.1) is 0 Å². The third-order valence-electron chi connectivity index (χ3n) is 4.49. The first-order valence-corrected chi connectivity index (χ1v) is 7.67. The van der Waals surface area contributed by atoms with Gasteiger partial charge < -0.3 is 21.7 Å². The van der Waals surface area contributed by atoms with Crippen molar-refractivity contribution in [3.05, 3.63) is 59.7 Å². The summed E-state index contributed by atoms with van der Waals surface area (Å²) in [5.74, 6) is 0.200. The lowest BCUT2D eigenvalue weighted by molar-refractivity contribution is 0.477. The number of nitrogens with two attached hydrogens (primary N) is 2. The van der Waals surface area contributed by atoms with Crippen molar-refractivity contribution in [1.29, 1.82) is 0 Å². The predicted octanol–water partition coefficient (Wildman–Crippen LogP) is 4.21. The van der Waals surface area contributed by atoms with Crippen LogP contribution in [-0.4, -0.2) is 10.2 Å². The SMILES string of the molecule is Cc1c(-c2ccc(-c3ccc(O)c(N)c3C)cc2)ccc(O)c1N. The van der Waals surface area contributed by atoms with Crippen molar-refractivity contribution in [2.75, 3.05) is 11.5 Å². The number of benzene rings is 3. The van der Waals surface area contributed by atoms with E-state index >= 15 is 0 Å². The third-order valence-corrected chi connectivity index (χ3v) is 4.49. The number of phenolic OH excluding ortho intramolecular Hbond substituents is 2. The maximum absolute atomic E-state index is 9.69. The molecule has 0 spiro atoms. The summed E-state index contributed by atoms with van der Waals surface area (Å²) in [6, 6.07) is 15.0. The Balaban J connectivity index is 2.04. The first-order chi connectivity index (χ1) is 11.4. The normalized spacial score (nSPS) is 10.8. The molecule has 3 aromatic carbocycles. The first-order valence-electron chi connectivity index (χ1n) is 7.67. The second kappa shape index (κ2) is 5.81. The van der Waals surface area contributed by atoms with Crippen molar-refractivity contribution in [1.82, 2.24) is 0 Å². The Labute approximate surface area is 141 Å². The number of hydrogen-bond donors (Lipinski definition) is 4. The largest absolute Gasteiger partial charge is 0.506 e. The van der Waals surface area contributed by atoms with Crippen LogP contribution in [0.5, 0.6) is 11.5 Å². The van der Waals surface area contributed by atoms with E-state index in [0.717, 1.165) is 33.4 Å². The molecule has 122 valence electrons. The molecule has 0 heterocycles. The summed E-state index contributed by atoms with van der Waals surface area (Å²) in [7, 11) is 0. The van der Waals surface area contributed by atoms with E-state index < -0.39 is 0 Å². The van der Waals surface area contributed by atoms with Gasteiger partial charge in [0.25, 0.3) is 0 Å². The molecule has 0 saturated heterocycles. The van der Waals surface area contributed by atoms with Gasteiger partial charge in [0.1, 0.15) is 11.5 Å².